The molecule has 1 heteroatoms. The number of nitrogens with zero attached hydrogens (tertiary/aromatic N) is 1. The van der Waals surface area contributed by atoms with E-state index in [9.17, 15) is 12.3 Å². The Balaban J connectivity index is 1.46. The van der Waals surface area contributed by atoms with Crippen molar-refractivity contribution < 1.29 is 27.4 Å². The smallest absolute Gasteiger partial charge is 0.0648 e. The molecule has 0 saturated heterocycles. The molecular weight excluding hydrogens is 603 g/mol. The lowest BCUT2D eigenvalue weighted by atomic mass is 9.82. The van der Waals surface area contributed by atoms with Crippen molar-refractivity contribution >= 4 is 27.8 Å². The van der Waals surface area contributed by atoms with Crippen LogP contribution in [0.1, 0.15) is 52.4 Å². The summed E-state index contributed by atoms with van der Waals surface area (Å²) >= 11 is 0. The van der Waals surface area contributed by atoms with E-state index < -0.39 is 149 Å². The molecule has 0 heterocycles. The molecular formula is C49H37N. The van der Waals surface area contributed by atoms with E-state index in [2.05, 4.69) is 0 Å². The molecule has 0 saturated carbocycles. The Labute approximate surface area is 322 Å². The van der Waals surface area contributed by atoms with Crippen LogP contribution in [0.5, 0.6) is 0 Å². The Hall–Kier alpha value is -6.18. The molecule has 9 rings (SSSR count). The Morgan fingerprint density at radius 2 is 1.02 bits per heavy atom. The molecule has 0 spiro atoms. The van der Waals surface area contributed by atoms with Crippen LogP contribution in [0, 0.1) is 0 Å². The van der Waals surface area contributed by atoms with E-state index in [1.54, 1.807) is 74.5 Å². The molecule has 0 atom stereocenters. The molecule has 0 aliphatic heterocycles. The standard InChI is InChI=1S/C49H37N/c1-49(2)45-25-11-9-22-43(45)44-32-31-39(33-46(44)49)50(47-26-12-10-21-40(47)34-15-5-3-6-16-34)38-29-27-36(28-30-38)42-24-14-20-37-19-13-23-41(48(37)42)35-17-7-4-8-18-35/h3-33H,1-2H3/i9D,10D,11D,12D,13D,14D,19D,20D,21D,22D,23D,24D,25D,26D,27D,28D,29D,31D,32D,33D. The first kappa shape index (κ1) is 15.6. The van der Waals surface area contributed by atoms with Crippen LogP contribution in [0.25, 0.3) is 55.3 Å². The highest BCUT2D eigenvalue weighted by Gasteiger charge is 2.35. The molecule has 0 unspecified atom stereocenters. The lowest BCUT2D eigenvalue weighted by molar-refractivity contribution is 0.660. The average molecular weight is 660 g/mol. The molecule has 0 aromatic heterocycles. The van der Waals surface area contributed by atoms with Gasteiger partial charge in [-0.25, -0.2) is 0 Å². The molecule has 0 bridgehead atoms. The molecule has 0 radical (unpaired) electrons. The summed E-state index contributed by atoms with van der Waals surface area (Å²) in [6, 6.07) is 4.20. The van der Waals surface area contributed by atoms with Crippen LogP contribution in [-0.2, 0) is 5.41 Å². The fraction of sp³-hybridized carbons (Fsp3) is 0.0612. The van der Waals surface area contributed by atoms with Gasteiger partial charge in [0.25, 0.3) is 0 Å². The van der Waals surface area contributed by atoms with Gasteiger partial charge in [0.15, 0.2) is 0 Å². The van der Waals surface area contributed by atoms with Crippen molar-refractivity contribution in [3.8, 4) is 44.5 Å². The molecule has 1 aliphatic rings. The molecule has 8 aromatic rings. The SMILES string of the molecule is [2H]c1cc(N(c2c([2H])c([2H])c3c(c2[2H])C(C)(C)c2c([2H])c([2H])c([2H])c([2H])c2-3)c2c([2H])c([2H])c([2H])c([2H])c2-c2ccccc2)c([2H])c([2H])c1-c1c([2H])c([2H])c([2H])c2c([2H])c([2H])c([2H])c(-c3ccccc3)c12. The first-order valence-corrected chi connectivity index (χ1v) is 15.8. The van der Waals surface area contributed by atoms with Crippen molar-refractivity contribution in [2.75, 3.05) is 4.90 Å². The molecule has 0 fully saturated rings. The first-order valence-electron chi connectivity index (χ1n) is 25.8. The highest BCUT2D eigenvalue weighted by Crippen LogP contribution is 2.51. The van der Waals surface area contributed by atoms with E-state index in [-0.39, 0.29) is 55.3 Å². The minimum Gasteiger partial charge on any atom is -0.310 e. The zero-order chi connectivity index (χ0) is 51.1. The van der Waals surface area contributed by atoms with E-state index in [1.807, 2.05) is 0 Å². The van der Waals surface area contributed by atoms with E-state index in [0.29, 0.717) is 5.56 Å². The zero-order valence-electron chi connectivity index (χ0n) is 46.8. The molecule has 0 N–H and O–H groups in total. The van der Waals surface area contributed by atoms with E-state index >= 15 is 0 Å². The van der Waals surface area contributed by atoms with Crippen LogP contribution in [0.4, 0.5) is 17.1 Å². The van der Waals surface area contributed by atoms with Gasteiger partial charge in [-0.2, -0.15) is 0 Å². The summed E-state index contributed by atoms with van der Waals surface area (Å²) in [7, 11) is 0. The van der Waals surface area contributed by atoms with Crippen LogP contribution in [0.2, 0.25) is 0 Å². The number of hydrogen-bond donors (Lipinski definition) is 0. The topological polar surface area (TPSA) is 3.24 Å². The van der Waals surface area contributed by atoms with Crippen molar-refractivity contribution in [1.82, 2.24) is 0 Å². The summed E-state index contributed by atoms with van der Waals surface area (Å²) in [6.45, 7) is 3.16. The maximum atomic E-state index is 10.0. The summed E-state index contributed by atoms with van der Waals surface area (Å²) in [6.07, 6.45) is 0. The first-order chi connectivity index (χ1) is 32.9. The van der Waals surface area contributed by atoms with Crippen LogP contribution < -0.4 is 4.90 Å². The Kier molecular flexibility index (Phi) is 3.76. The molecule has 1 aliphatic carbocycles. The van der Waals surface area contributed by atoms with Crippen LogP contribution in [0.3, 0.4) is 0 Å². The Morgan fingerprint density at radius 1 is 0.440 bits per heavy atom. The van der Waals surface area contributed by atoms with Gasteiger partial charge in [0.2, 0.25) is 0 Å². The van der Waals surface area contributed by atoms with Gasteiger partial charge in [0.1, 0.15) is 0 Å². The summed E-state index contributed by atoms with van der Waals surface area (Å²) in [5, 5.41) is -0.489. The Morgan fingerprint density at radius 3 is 1.76 bits per heavy atom. The van der Waals surface area contributed by atoms with Crippen molar-refractivity contribution in [3.63, 3.8) is 0 Å². The highest BCUT2D eigenvalue weighted by atomic mass is 15.1. The summed E-state index contributed by atoms with van der Waals surface area (Å²) < 4.78 is 184. The van der Waals surface area contributed by atoms with Gasteiger partial charge >= 0.3 is 0 Å². The van der Waals surface area contributed by atoms with Crippen molar-refractivity contribution in [2.45, 2.75) is 19.3 Å². The van der Waals surface area contributed by atoms with Crippen molar-refractivity contribution in [1.29, 1.82) is 0 Å². The number of fused-ring (bicyclic) bond motifs is 4. The molecule has 50 heavy (non-hydrogen) atoms. The predicted octanol–water partition coefficient (Wildman–Crippen LogP) is 13.6. The van der Waals surface area contributed by atoms with Crippen LogP contribution >= 0.6 is 0 Å². The molecule has 0 amide bonds. The van der Waals surface area contributed by atoms with Gasteiger partial charge < -0.3 is 4.90 Å². The van der Waals surface area contributed by atoms with Crippen LogP contribution in [-0.4, -0.2) is 0 Å². The second-order valence-electron chi connectivity index (χ2n) is 12.2. The normalized spacial score (nSPS) is 18.4. The lowest BCUT2D eigenvalue weighted by Gasteiger charge is -2.30. The third kappa shape index (κ3) is 4.94. The van der Waals surface area contributed by atoms with Gasteiger partial charge in [0, 0.05) is 22.4 Å². The number of hydrogen-bond acceptors (Lipinski definition) is 1. The third-order valence-electron chi connectivity index (χ3n) is 8.89. The summed E-state index contributed by atoms with van der Waals surface area (Å²) in [4.78, 5) is 0.952. The van der Waals surface area contributed by atoms with Crippen LogP contribution in [0.15, 0.2) is 188 Å². The number of anilines is 3. The average Bonchev–Trinajstić information content (AvgIpc) is 3.59. The van der Waals surface area contributed by atoms with Gasteiger partial charge in [-0.3, -0.25) is 0 Å². The van der Waals surface area contributed by atoms with Gasteiger partial charge in [-0.15, -0.1) is 0 Å². The zero-order valence-corrected chi connectivity index (χ0v) is 26.8. The van der Waals surface area contributed by atoms with Gasteiger partial charge in [-0.1, -0.05) is 171 Å². The van der Waals surface area contributed by atoms with Gasteiger partial charge in [-0.05, 0) is 91.1 Å². The summed E-state index contributed by atoms with van der Waals surface area (Å²) in [5.74, 6) is 0. The van der Waals surface area contributed by atoms with E-state index in [1.165, 1.54) is 0 Å². The van der Waals surface area contributed by atoms with Crippen molar-refractivity contribution in [3.05, 3.63) is 199 Å². The fourth-order valence-corrected chi connectivity index (χ4v) is 6.47. The molecule has 238 valence electrons. The van der Waals surface area contributed by atoms with E-state index in [4.69, 9.17) is 15.1 Å². The quantitative estimate of drug-likeness (QED) is 0.172. The van der Waals surface area contributed by atoms with Crippen molar-refractivity contribution in [2.24, 2.45) is 0 Å². The number of para-hydroxylation sites is 1. The number of rotatable bonds is 6. The largest absolute Gasteiger partial charge is 0.310 e. The second-order valence-corrected chi connectivity index (χ2v) is 12.2. The Bertz CT molecular complexity index is 3620. The molecule has 1 nitrogen and oxygen atoms in total. The minimum absolute atomic E-state index is 0.0402. The minimum atomic E-state index is -1.47. The maximum absolute atomic E-state index is 10.0. The summed E-state index contributed by atoms with van der Waals surface area (Å²) in [5.41, 5.74) is -3.81. The van der Waals surface area contributed by atoms with E-state index in [0.717, 1.165) is 11.0 Å². The molecule has 8 aromatic carbocycles. The fourth-order valence-electron chi connectivity index (χ4n) is 6.47. The van der Waals surface area contributed by atoms with Gasteiger partial charge in [0.05, 0.1) is 33.1 Å². The number of benzene rings is 8. The second kappa shape index (κ2) is 12.1. The third-order valence-corrected chi connectivity index (χ3v) is 8.89. The monoisotopic (exact) mass is 659 g/mol. The predicted molar refractivity (Wildman–Crippen MR) is 213 cm³/mol. The maximum Gasteiger partial charge on any atom is 0.0648 e. The highest BCUT2D eigenvalue weighted by molar-refractivity contribution is 6.06. The lowest BCUT2D eigenvalue weighted by Crippen LogP contribution is -2.16.